The fraction of sp³-hybridized carbons (Fsp3) is 0.171. The molecule has 4 aromatic rings. The van der Waals surface area contributed by atoms with Crippen LogP contribution >= 0.6 is 0 Å². The number of fused-ring (bicyclic) bond motifs is 6. The van der Waals surface area contributed by atoms with Crippen molar-refractivity contribution in [2.24, 2.45) is 5.92 Å². The third-order valence-electron chi connectivity index (χ3n) is 8.92. The van der Waals surface area contributed by atoms with Gasteiger partial charge in [-0.3, -0.25) is 14.4 Å². The van der Waals surface area contributed by atoms with Crippen molar-refractivity contribution < 1.29 is 23.5 Å². The molecule has 3 aliphatic heterocycles. The van der Waals surface area contributed by atoms with Crippen LogP contribution in [0.3, 0.4) is 0 Å². The Labute approximate surface area is 242 Å². The summed E-state index contributed by atoms with van der Waals surface area (Å²) < 4.78 is 19.4. The van der Waals surface area contributed by atoms with E-state index in [9.17, 15) is 18.8 Å². The van der Waals surface area contributed by atoms with Crippen LogP contribution in [-0.2, 0) is 10.2 Å². The predicted molar refractivity (Wildman–Crippen MR) is 158 cm³/mol. The molecule has 7 heteroatoms. The van der Waals surface area contributed by atoms with E-state index in [-0.39, 0.29) is 17.3 Å². The Balaban J connectivity index is 1.55. The first-order valence-corrected chi connectivity index (χ1v) is 13.8. The molecule has 4 aromatic carbocycles. The number of allylic oxidation sites excluding steroid dienone is 1. The molecule has 6 nitrogen and oxygen atoms in total. The van der Waals surface area contributed by atoms with Crippen molar-refractivity contribution in [2.45, 2.75) is 24.4 Å². The summed E-state index contributed by atoms with van der Waals surface area (Å²) in [4.78, 5) is 45.9. The molecular weight excluding hydrogens is 531 g/mol. The molecule has 0 aliphatic carbocycles. The Kier molecular flexibility index (Phi) is 5.87. The second-order valence-electron chi connectivity index (χ2n) is 11.0. The van der Waals surface area contributed by atoms with E-state index in [1.165, 1.54) is 31.4 Å². The van der Waals surface area contributed by atoms with Crippen molar-refractivity contribution in [3.05, 3.63) is 131 Å². The first kappa shape index (κ1) is 25.9. The van der Waals surface area contributed by atoms with Gasteiger partial charge in [0.05, 0.1) is 19.1 Å². The number of amides is 1. The highest BCUT2D eigenvalue weighted by molar-refractivity contribution is 6.18. The number of carbonyl (C=O) groups excluding carboxylic acids is 3. The average Bonchev–Trinajstić information content (AvgIpc) is 3.49. The quantitative estimate of drug-likeness (QED) is 0.301. The highest BCUT2D eigenvalue weighted by Gasteiger charge is 2.70. The maximum Gasteiger partial charge on any atom is 0.238 e. The number of halogens is 1. The number of ether oxygens (including phenoxy) is 1. The number of anilines is 2. The van der Waals surface area contributed by atoms with Crippen LogP contribution in [0.1, 0.15) is 38.8 Å². The van der Waals surface area contributed by atoms with E-state index in [4.69, 9.17) is 4.74 Å². The standard InChI is InChI=1S/C35H27FN2O4/c1-20-18-29-35(26-11-4-5-12-27(26)37-34(35)41)30(32(39)21-14-16-23(36)17-15-21)31(38(29)28-13-6-3-10-25(20)28)33(40)22-8-7-9-24(19-22)42-2/h3-19,29-31H,1-2H3,(H,37,41). The largest absolute Gasteiger partial charge is 0.497 e. The zero-order valence-electron chi connectivity index (χ0n) is 23.0. The van der Waals surface area contributed by atoms with Gasteiger partial charge in [-0.1, -0.05) is 54.6 Å². The van der Waals surface area contributed by atoms with Crippen LogP contribution in [0.15, 0.2) is 103 Å². The van der Waals surface area contributed by atoms with Gasteiger partial charge in [0.2, 0.25) is 5.91 Å². The molecule has 4 unspecified atom stereocenters. The average molecular weight is 559 g/mol. The number of hydrogen-bond donors (Lipinski definition) is 1. The highest BCUT2D eigenvalue weighted by Crippen LogP contribution is 2.58. The van der Waals surface area contributed by atoms with Crippen LogP contribution in [0.4, 0.5) is 15.8 Å². The number of nitrogens with zero attached hydrogens (tertiary/aromatic N) is 1. The van der Waals surface area contributed by atoms with Gasteiger partial charge < -0.3 is 15.0 Å². The molecule has 0 bridgehead atoms. The van der Waals surface area contributed by atoms with Crippen molar-refractivity contribution in [1.29, 1.82) is 0 Å². The second-order valence-corrected chi connectivity index (χ2v) is 11.0. The van der Waals surface area contributed by atoms with E-state index in [0.717, 1.165) is 16.8 Å². The lowest BCUT2D eigenvalue weighted by molar-refractivity contribution is -0.121. The third-order valence-corrected chi connectivity index (χ3v) is 8.92. The Bertz CT molecular complexity index is 1810. The number of benzene rings is 4. The normalized spacial score (nSPS) is 23.5. The summed E-state index contributed by atoms with van der Waals surface area (Å²) in [7, 11) is 1.53. The van der Waals surface area contributed by atoms with Gasteiger partial charge in [0.1, 0.15) is 23.0 Å². The van der Waals surface area contributed by atoms with Gasteiger partial charge in [0.15, 0.2) is 11.6 Å². The van der Waals surface area contributed by atoms with Gasteiger partial charge in [0.25, 0.3) is 0 Å². The fourth-order valence-corrected chi connectivity index (χ4v) is 7.13. The molecule has 1 spiro atoms. The Morgan fingerprint density at radius 1 is 0.881 bits per heavy atom. The van der Waals surface area contributed by atoms with Crippen LogP contribution < -0.4 is 15.0 Å². The van der Waals surface area contributed by atoms with Crippen molar-refractivity contribution >= 4 is 34.4 Å². The number of para-hydroxylation sites is 2. The van der Waals surface area contributed by atoms with Crippen molar-refractivity contribution in [2.75, 3.05) is 17.3 Å². The predicted octanol–water partition coefficient (Wildman–Crippen LogP) is 6.08. The second kappa shape index (κ2) is 9.52. The van der Waals surface area contributed by atoms with Crippen LogP contribution in [0.2, 0.25) is 0 Å². The topological polar surface area (TPSA) is 75.7 Å². The molecule has 7 rings (SSSR count). The molecule has 0 aromatic heterocycles. The Morgan fingerprint density at radius 2 is 1.62 bits per heavy atom. The van der Waals surface area contributed by atoms with Crippen molar-refractivity contribution in [3.8, 4) is 5.75 Å². The SMILES string of the molecule is COc1cccc(C(=O)C2C(C(=O)c3ccc(F)cc3)C3(C(=O)Nc4ccccc43)C3C=C(C)c4ccccc4N23)c1. The first-order chi connectivity index (χ1) is 20.4. The summed E-state index contributed by atoms with van der Waals surface area (Å²) in [5.74, 6) is -2.16. The Hall–Kier alpha value is -5.04. The Morgan fingerprint density at radius 3 is 2.40 bits per heavy atom. The number of methoxy groups -OCH3 is 1. The summed E-state index contributed by atoms with van der Waals surface area (Å²) in [6.07, 6.45) is 2.01. The molecule has 0 radical (unpaired) electrons. The monoisotopic (exact) mass is 558 g/mol. The lowest BCUT2D eigenvalue weighted by Gasteiger charge is -2.39. The van der Waals surface area contributed by atoms with Gasteiger partial charge in [0, 0.05) is 28.1 Å². The summed E-state index contributed by atoms with van der Waals surface area (Å²) in [6, 6.07) is 25.5. The maximum absolute atomic E-state index is 14.8. The summed E-state index contributed by atoms with van der Waals surface area (Å²) >= 11 is 0. The van der Waals surface area contributed by atoms with Crippen LogP contribution in [0.5, 0.6) is 5.75 Å². The molecule has 0 saturated carbocycles. The summed E-state index contributed by atoms with van der Waals surface area (Å²) in [5.41, 5.74) is 3.08. The van der Waals surface area contributed by atoms with Crippen LogP contribution in [0, 0.1) is 11.7 Å². The maximum atomic E-state index is 14.8. The summed E-state index contributed by atoms with van der Waals surface area (Å²) in [5, 5.41) is 3.03. The van der Waals surface area contributed by atoms with Gasteiger partial charge in [-0.25, -0.2) is 4.39 Å². The molecule has 1 saturated heterocycles. The molecule has 42 heavy (non-hydrogen) atoms. The van der Waals surface area contributed by atoms with Crippen molar-refractivity contribution in [3.63, 3.8) is 0 Å². The molecule has 3 heterocycles. The molecule has 4 atom stereocenters. The van der Waals surface area contributed by atoms with E-state index >= 15 is 0 Å². The zero-order valence-corrected chi connectivity index (χ0v) is 23.0. The smallest absolute Gasteiger partial charge is 0.238 e. The molecule has 1 fully saturated rings. The minimum Gasteiger partial charge on any atom is -0.497 e. The number of hydrogen-bond acceptors (Lipinski definition) is 5. The highest BCUT2D eigenvalue weighted by atomic mass is 19.1. The number of Topliss-reactive ketones (excluding diaryl/α,β-unsaturated/α-hetero) is 2. The first-order valence-electron chi connectivity index (χ1n) is 13.8. The van der Waals surface area contributed by atoms with Gasteiger partial charge in [-0.2, -0.15) is 0 Å². The molecule has 208 valence electrons. The lowest BCUT2D eigenvalue weighted by Crippen LogP contribution is -2.51. The van der Waals surface area contributed by atoms with Crippen LogP contribution in [0.25, 0.3) is 5.57 Å². The minimum absolute atomic E-state index is 0.232. The fourth-order valence-electron chi connectivity index (χ4n) is 7.13. The number of carbonyl (C=O) groups is 3. The minimum atomic E-state index is -1.43. The molecule has 1 N–H and O–H groups in total. The van der Waals surface area contributed by atoms with E-state index in [1.54, 1.807) is 24.3 Å². The third kappa shape index (κ3) is 3.52. The number of nitrogens with one attached hydrogen (secondary N) is 1. The van der Waals surface area contributed by atoms with E-state index in [2.05, 4.69) is 5.32 Å². The lowest BCUT2D eigenvalue weighted by atomic mass is 9.64. The van der Waals surface area contributed by atoms with Gasteiger partial charge >= 0.3 is 0 Å². The number of rotatable bonds is 5. The number of ketones is 2. The van der Waals surface area contributed by atoms with Crippen molar-refractivity contribution in [1.82, 2.24) is 0 Å². The van der Waals surface area contributed by atoms with E-state index < -0.39 is 35.0 Å². The zero-order chi connectivity index (χ0) is 29.2. The molecular formula is C35H27FN2O4. The van der Waals surface area contributed by atoms with E-state index in [0.29, 0.717) is 22.6 Å². The molecule has 1 amide bonds. The van der Waals surface area contributed by atoms with Gasteiger partial charge in [-0.05, 0) is 66.6 Å². The van der Waals surface area contributed by atoms with E-state index in [1.807, 2.05) is 66.4 Å². The van der Waals surface area contributed by atoms with Crippen LogP contribution in [-0.4, -0.2) is 36.7 Å². The van der Waals surface area contributed by atoms with Gasteiger partial charge in [-0.15, -0.1) is 0 Å². The molecule has 3 aliphatic rings. The summed E-state index contributed by atoms with van der Waals surface area (Å²) in [6.45, 7) is 1.98.